The maximum atomic E-state index is 13.6. The van der Waals surface area contributed by atoms with Crippen molar-refractivity contribution in [3.8, 4) is 0 Å². The lowest BCUT2D eigenvalue weighted by Crippen LogP contribution is -2.53. The zero-order chi connectivity index (χ0) is 24.0. The second-order valence-electron chi connectivity index (χ2n) is 10.4. The van der Waals surface area contributed by atoms with E-state index in [1.807, 2.05) is 0 Å². The Hall–Kier alpha value is -2.12. The molecule has 0 amide bonds. The average molecular weight is 479 g/mol. The first-order chi connectivity index (χ1) is 16.5. The summed E-state index contributed by atoms with van der Waals surface area (Å²) in [4.78, 5) is 53.8. The third kappa shape index (κ3) is 5.92. The lowest BCUT2D eigenvalue weighted by molar-refractivity contribution is -0.194. The highest BCUT2D eigenvalue weighted by atomic mass is 16.6. The second kappa shape index (κ2) is 11.5. The fourth-order valence-electron chi connectivity index (χ4n) is 5.69. The van der Waals surface area contributed by atoms with Gasteiger partial charge in [0.05, 0.1) is 6.42 Å². The van der Waals surface area contributed by atoms with E-state index in [1.54, 1.807) is 0 Å². The van der Waals surface area contributed by atoms with Crippen LogP contribution >= 0.6 is 0 Å². The summed E-state index contributed by atoms with van der Waals surface area (Å²) in [5.74, 6) is -3.86. The summed E-state index contributed by atoms with van der Waals surface area (Å²) < 4.78 is 22.6. The molecule has 0 radical (unpaired) electrons. The quantitative estimate of drug-likeness (QED) is 0.274. The van der Waals surface area contributed by atoms with Gasteiger partial charge in [-0.05, 0) is 103 Å². The molecule has 4 saturated carbocycles. The van der Waals surface area contributed by atoms with Crippen molar-refractivity contribution in [3.05, 3.63) is 0 Å². The molecule has 4 fully saturated rings. The Kier molecular flexibility index (Phi) is 8.48. The van der Waals surface area contributed by atoms with Gasteiger partial charge in [0.15, 0.2) is 0 Å². The molecule has 0 spiro atoms. The van der Waals surface area contributed by atoms with Crippen LogP contribution in [0.3, 0.4) is 0 Å². The van der Waals surface area contributed by atoms with Gasteiger partial charge in [0.1, 0.15) is 24.4 Å². The molecule has 4 aliphatic rings. The van der Waals surface area contributed by atoms with Crippen molar-refractivity contribution in [1.29, 1.82) is 0 Å². The Morgan fingerprint density at radius 3 is 1.03 bits per heavy atom. The molecular formula is C26H38O8. The van der Waals surface area contributed by atoms with E-state index in [4.69, 9.17) is 18.9 Å². The Balaban J connectivity index is 1.60. The van der Waals surface area contributed by atoms with Gasteiger partial charge in [0, 0.05) is 0 Å². The molecular weight excluding hydrogens is 440 g/mol. The third-order valence-electron chi connectivity index (χ3n) is 7.78. The van der Waals surface area contributed by atoms with Gasteiger partial charge in [-0.2, -0.15) is 0 Å². The van der Waals surface area contributed by atoms with Crippen molar-refractivity contribution in [2.45, 2.75) is 134 Å². The van der Waals surface area contributed by atoms with Crippen molar-refractivity contribution in [1.82, 2.24) is 0 Å². The molecule has 0 saturated heterocycles. The largest absolute Gasteiger partial charge is 0.462 e. The normalized spacial score (nSPS) is 22.7. The van der Waals surface area contributed by atoms with Crippen LogP contribution in [0.4, 0.5) is 0 Å². The van der Waals surface area contributed by atoms with E-state index < -0.39 is 35.7 Å². The van der Waals surface area contributed by atoms with Gasteiger partial charge in [-0.1, -0.05) is 0 Å². The predicted molar refractivity (Wildman–Crippen MR) is 120 cm³/mol. The van der Waals surface area contributed by atoms with Gasteiger partial charge in [-0.15, -0.1) is 0 Å². The highest BCUT2D eigenvalue weighted by Gasteiger charge is 2.61. The Morgan fingerprint density at radius 2 is 0.735 bits per heavy atom. The number of hydrogen-bond donors (Lipinski definition) is 0. The van der Waals surface area contributed by atoms with Crippen LogP contribution in [-0.4, -0.2) is 48.3 Å². The van der Waals surface area contributed by atoms with Crippen LogP contribution in [0.25, 0.3) is 0 Å². The van der Waals surface area contributed by atoms with Crippen LogP contribution in [0.5, 0.6) is 0 Å². The van der Waals surface area contributed by atoms with E-state index in [-0.39, 0.29) is 24.4 Å². The molecule has 0 aliphatic heterocycles. The van der Waals surface area contributed by atoms with Gasteiger partial charge < -0.3 is 18.9 Å². The summed E-state index contributed by atoms with van der Waals surface area (Å²) in [5.41, 5.74) is -2.48. The zero-order valence-corrected chi connectivity index (χ0v) is 20.1. The van der Waals surface area contributed by atoms with Crippen LogP contribution < -0.4 is 0 Å². The van der Waals surface area contributed by atoms with E-state index in [2.05, 4.69) is 0 Å². The molecule has 0 aromatic carbocycles. The predicted octanol–water partition coefficient (Wildman–Crippen LogP) is 4.31. The number of rotatable bonds is 9. The number of hydrogen-bond acceptors (Lipinski definition) is 8. The monoisotopic (exact) mass is 478 g/mol. The van der Waals surface area contributed by atoms with Crippen molar-refractivity contribution < 1.29 is 38.1 Å². The van der Waals surface area contributed by atoms with Gasteiger partial charge in [-0.3, -0.25) is 19.2 Å². The fraction of sp³-hybridized carbons (Fsp3) is 0.846. The molecule has 0 atom stereocenters. The standard InChI is InChI=1S/C26H38O8/c27-22(31-18-9-1-2-10-18)17-26(23(28)32-19-11-3-4-12-19,24(29)33-20-13-5-6-14-20)25(30)34-21-15-7-8-16-21/h18-21H,1-17H2. The highest BCUT2D eigenvalue weighted by molar-refractivity contribution is 6.20. The topological polar surface area (TPSA) is 105 Å². The molecule has 8 heteroatoms. The SMILES string of the molecule is O=C(CC(C(=O)OC1CCCC1)(C(=O)OC1CCCC1)C(=O)OC1CCCC1)OC1CCCC1. The van der Waals surface area contributed by atoms with Crippen molar-refractivity contribution in [2.75, 3.05) is 0 Å². The van der Waals surface area contributed by atoms with Gasteiger partial charge in [0.25, 0.3) is 5.41 Å². The van der Waals surface area contributed by atoms with Crippen LogP contribution in [0.2, 0.25) is 0 Å². The Labute approximate surface area is 201 Å². The second-order valence-corrected chi connectivity index (χ2v) is 10.4. The van der Waals surface area contributed by atoms with Gasteiger partial charge >= 0.3 is 23.9 Å². The zero-order valence-electron chi connectivity index (χ0n) is 20.1. The summed E-state index contributed by atoms with van der Waals surface area (Å²) in [5, 5.41) is 0. The summed E-state index contributed by atoms with van der Waals surface area (Å²) >= 11 is 0. The molecule has 0 N–H and O–H groups in total. The molecule has 0 aromatic rings. The lowest BCUT2D eigenvalue weighted by Gasteiger charge is -2.30. The number of esters is 4. The molecule has 0 bridgehead atoms. The third-order valence-corrected chi connectivity index (χ3v) is 7.78. The number of carbonyl (C=O) groups is 4. The lowest BCUT2D eigenvalue weighted by atomic mass is 9.83. The summed E-state index contributed by atoms with van der Waals surface area (Å²) in [6.45, 7) is 0. The Bertz CT molecular complexity index is 664. The Morgan fingerprint density at radius 1 is 0.471 bits per heavy atom. The minimum atomic E-state index is -2.48. The van der Waals surface area contributed by atoms with Crippen molar-refractivity contribution >= 4 is 23.9 Å². The van der Waals surface area contributed by atoms with E-state index in [9.17, 15) is 19.2 Å². The van der Waals surface area contributed by atoms with Crippen LogP contribution in [0.1, 0.15) is 109 Å². The minimum absolute atomic E-state index is 0.257. The van der Waals surface area contributed by atoms with Crippen molar-refractivity contribution in [2.24, 2.45) is 5.41 Å². The van der Waals surface area contributed by atoms with Gasteiger partial charge in [-0.25, -0.2) is 0 Å². The van der Waals surface area contributed by atoms with Crippen LogP contribution in [0.15, 0.2) is 0 Å². The molecule has 0 heterocycles. The molecule has 8 nitrogen and oxygen atoms in total. The highest BCUT2D eigenvalue weighted by Crippen LogP contribution is 2.36. The molecule has 0 unspecified atom stereocenters. The van der Waals surface area contributed by atoms with E-state index in [1.165, 1.54) is 0 Å². The molecule has 0 aromatic heterocycles. The van der Waals surface area contributed by atoms with E-state index in [0.717, 1.165) is 64.2 Å². The minimum Gasteiger partial charge on any atom is -0.462 e. The van der Waals surface area contributed by atoms with E-state index >= 15 is 0 Å². The van der Waals surface area contributed by atoms with E-state index in [0.29, 0.717) is 38.5 Å². The summed E-state index contributed by atoms with van der Waals surface area (Å²) in [6, 6.07) is 0. The molecule has 4 rings (SSSR count). The number of carbonyl (C=O) groups excluding carboxylic acids is 4. The summed E-state index contributed by atoms with van der Waals surface area (Å²) in [7, 11) is 0. The molecule has 34 heavy (non-hydrogen) atoms. The molecule has 4 aliphatic carbocycles. The van der Waals surface area contributed by atoms with Gasteiger partial charge in [0.2, 0.25) is 0 Å². The first-order valence-electron chi connectivity index (χ1n) is 13.3. The first kappa shape index (κ1) is 25.0. The maximum absolute atomic E-state index is 13.6. The fourth-order valence-corrected chi connectivity index (χ4v) is 5.69. The summed E-state index contributed by atoms with van der Waals surface area (Å²) in [6.07, 6.45) is 10.7. The molecule has 190 valence electrons. The van der Waals surface area contributed by atoms with Crippen LogP contribution in [0, 0.1) is 5.41 Å². The first-order valence-corrected chi connectivity index (χ1v) is 13.3. The maximum Gasteiger partial charge on any atom is 0.336 e. The van der Waals surface area contributed by atoms with Crippen LogP contribution in [-0.2, 0) is 38.1 Å². The average Bonchev–Trinajstić information content (AvgIpc) is 3.60. The number of ether oxygens (including phenoxy) is 4. The van der Waals surface area contributed by atoms with Crippen molar-refractivity contribution in [3.63, 3.8) is 0 Å². The smallest absolute Gasteiger partial charge is 0.336 e.